The molecule has 27 heavy (non-hydrogen) atoms. The zero-order valence-corrected chi connectivity index (χ0v) is 17.7. The number of ether oxygens (including phenoxy) is 2. The summed E-state index contributed by atoms with van der Waals surface area (Å²) >= 11 is 0. The second-order valence-electron chi connectivity index (χ2n) is 5.44. The van der Waals surface area contributed by atoms with Crippen molar-refractivity contribution in [3.05, 3.63) is 54.1 Å². The highest BCUT2D eigenvalue weighted by molar-refractivity contribution is 14.0. The highest BCUT2D eigenvalue weighted by Crippen LogP contribution is 2.29. The van der Waals surface area contributed by atoms with Gasteiger partial charge in [-0.3, -0.25) is 9.79 Å². The number of benzene rings is 2. The number of carbonyl (C=O) groups excluding carboxylic acids is 1. The third kappa shape index (κ3) is 7.33. The Morgan fingerprint density at radius 2 is 1.78 bits per heavy atom. The second-order valence-corrected chi connectivity index (χ2v) is 5.44. The third-order valence-corrected chi connectivity index (χ3v) is 3.59. The first kappa shape index (κ1) is 22.6. The number of nitrogens with two attached hydrogens (primary N) is 1. The molecular weight excluding hydrogens is 459 g/mol. The van der Waals surface area contributed by atoms with Gasteiger partial charge in [-0.05, 0) is 30.7 Å². The number of hydrogen-bond donors (Lipinski definition) is 3. The van der Waals surface area contributed by atoms with Crippen molar-refractivity contribution >= 4 is 41.5 Å². The SMILES string of the molecule is COc1ccc(NC(N)=NCCCNC(=O)c2ccccc2)cc1OC.I. The summed E-state index contributed by atoms with van der Waals surface area (Å²) < 4.78 is 10.4. The first-order valence-electron chi connectivity index (χ1n) is 8.26. The Morgan fingerprint density at radius 3 is 2.44 bits per heavy atom. The van der Waals surface area contributed by atoms with Crippen LogP contribution in [0.2, 0.25) is 0 Å². The molecule has 8 heteroatoms. The van der Waals surface area contributed by atoms with E-state index >= 15 is 0 Å². The lowest BCUT2D eigenvalue weighted by Gasteiger charge is -2.11. The number of nitrogens with zero attached hydrogens (tertiary/aromatic N) is 1. The van der Waals surface area contributed by atoms with Crippen LogP contribution < -0.4 is 25.8 Å². The molecule has 0 aliphatic heterocycles. The van der Waals surface area contributed by atoms with Crippen molar-refractivity contribution in [3.63, 3.8) is 0 Å². The van der Waals surface area contributed by atoms with E-state index in [-0.39, 0.29) is 29.9 Å². The van der Waals surface area contributed by atoms with Crippen molar-refractivity contribution in [2.45, 2.75) is 6.42 Å². The maximum absolute atomic E-state index is 11.9. The van der Waals surface area contributed by atoms with E-state index < -0.39 is 0 Å². The number of methoxy groups -OCH3 is 2. The zero-order valence-electron chi connectivity index (χ0n) is 15.4. The minimum absolute atomic E-state index is 0. The molecule has 0 aromatic heterocycles. The number of anilines is 1. The average molecular weight is 484 g/mol. The summed E-state index contributed by atoms with van der Waals surface area (Å²) in [7, 11) is 3.15. The Hall–Kier alpha value is -2.49. The Morgan fingerprint density at radius 1 is 1.07 bits per heavy atom. The number of halogens is 1. The molecule has 0 bridgehead atoms. The molecule has 0 saturated heterocycles. The second kappa shape index (κ2) is 12.0. The molecule has 0 fully saturated rings. The van der Waals surface area contributed by atoms with E-state index in [4.69, 9.17) is 15.2 Å². The van der Waals surface area contributed by atoms with Crippen molar-refractivity contribution in [2.75, 3.05) is 32.6 Å². The summed E-state index contributed by atoms with van der Waals surface area (Å²) in [6, 6.07) is 14.5. The molecular formula is C19H25IN4O3. The summed E-state index contributed by atoms with van der Waals surface area (Å²) in [4.78, 5) is 16.1. The number of carbonyl (C=O) groups is 1. The number of guanidine groups is 1. The summed E-state index contributed by atoms with van der Waals surface area (Å²) in [5.41, 5.74) is 7.28. The van der Waals surface area contributed by atoms with Gasteiger partial charge in [-0.2, -0.15) is 0 Å². The molecule has 0 aliphatic carbocycles. The van der Waals surface area contributed by atoms with Crippen LogP contribution in [-0.2, 0) is 0 Å². The molecule has 4 N–H and O–H groups in total. The Kier molecular flexibility index (Phi) is 10.0. The van der Waals surface area contributed by atoms with Crippen molar-refractivity contribution < 1.29 is 14.3 Å². The molecule has 0 heterocycles. The molecule has 0 spiro atoms. The predicted molar refractivity (Wildman–Crippen MR) is 118 cm³/mol. The van der Waals surface area contributed by atoms with Gasteiger partial charge in [0.1, 0.15) is 0 Å². The molecule has 2 rings (SSSR count). The van der Waals surface area contributed by atoms with Gasteiger partial charge in [-0.25, -0.2) is 0 Å². The first-order chi connectivity index (χ1) is 12.6. The van der Waals surface area contributed by atoms with Gasteiger partial charge in [0.15, 0.2) is 17.5 Å². The number of nitrogens with one attached hydrogen (secondary N) is 2. The minimum atomic E-state index is -0.0917. The van der Waals surface area contributed by atoms with Crippen LogP contribution in [-0.4, -0.2) is 39.2 Å². The maximum atomic E-state index is 11.9. The van der Waals surface area contributed by atoms with Gasteiger partial charge in [0.25, 0.3) is 5.91 Å². The van der Waals surface area contributed by atoms with Gasteiger partial charge in [-0.1, -0.05) is 18.2 Å². The smallest absolute Gasteiger partial charge is 0.251 e. The molecule has 0 aliphatic rings. The van der Waals surface area contributed by atoms with Gasteiger partial charge in [0.2, 0.25) is 0 Å². The highest BCUT2D eigenvalue weighted by atomic mass is 127. The fourth-order valence-corrected chi connectivity index (χ4v) is 2.27. The fourth-order valence-electron chi connectivity index (χ4n) is 2.27. The molecule has 0 atom stereocenters. The van der Waals surface area contributed by atoms with Gasteiger partial charge < -0.3 is 25.8 Å². The van der Waals surface area contributed by atoms with Crippen molar-refractivity contribution in [1.29, 1.82) is 0 Å². The average Bonchev–Trinajstić information content (AvgIpc) is 2.68. The lowest BCUT2D eigenvalue weighted by atomic mass is 10.2. The fraction of sp³-hybridized carbons (Fsp3) is 0.263. The van der Waals surface area contributed by atoms with E-state index in [2.05, 4.69) is 15.6 Å². The quantitative estimate of drug-likeness (QED) is 0.232. The zero-order chi connectivity index (χ0) is 18.8. The summed E-state index contributed by atoms with van der Waals surface area (Å²) in [6.07, 6.45) is 0.687. The topological polar surface area (TPSA) is 98.0 Å². The largest absolute Gasteiger partial charge is 0.493 e. The molecule has 7 nitrogen and oxygen atoms in total. The maximum Gasteiger partial charge on any atom is 0.251 e. The summed E-state index contributed by atoms with van der Waals surface area (Å²) in [5.74, 6) is 1.45. The van der Waals surface area contributed by atoms with Crippen molar-refractivity contribution in [2.24, 2.45) is 10.7 Å². The highest BCUT2D eigenvalue weighted by Gasteiger charge is 2.05. The summed E-state index contributed by atoms with van der Waals surface area (Å²) in [5, 5.41) is 5.85. The van der Waals surface area contributed by atoms with Gasteiger partial charge >= 0.3 is 0 Å². The molecule has 0 saturated carbocycles. The van der Waals surface area contributed by atoms with Crippen LogP contribution in [0.5, 0.6) is 11.5 Å². The minimum Gasteiger partial charge on any atom is -0.493 e. The first-order valence-corrected chi connectivity index (χ1v) is 8.26. The van der Waals surface area contributed by atoms with Crippen LogP contribution in [0, 0.1) is 0 Å². The molecule has 2 aromatic rings. The number of amides is 1. The normalized spacial score (nSPS) is 10.5. The van der Waals surface area contributed by atoms with Crippen LogP contribution in [0.1, 0.15) is 16.8 Å². The van der Waals surface area contributed by atoms with Crippen molar-refractivity contribution in [3.8, 4) is 11.5 Å². The molecule has 0 radical (unpaired) electrons. The van der Waals surface area contributed by atoms with Gasteiger partial charge in [0.05, 0.1) is 14.2 Å². The Bertz CT molecular complexity index is 754. The lowest BCUT2D eigenvalue weighted by Crippen LogP contribution is -2.26. The van der Waals surface area contributed by atoms with E-state index in [0.717, 1.165) is 5.69 Å². The third-order valence-electron chi connectivity index (χ3n) is 3.59. The van der Waals surface area contributed by atoms with Crippen molar-refractivity contribution in [1.82, 2.24) is 5.32 Å². The lowest BCUT2D eigenvalue weighted by molar-refractivity contribution is 0.0953. The van der Waals surface area contributed by atoms with Crippen LogP contribution in [0.4, 0.5) is 5.69 Å². The van der Waals surface area contributed by atoms with Crippen LogP contribution in [0.15, 0.2) is 53.5 Å². The number of hydrogen-bond acceptors (Lipinski definition) is 4. The number of rotatable bonds is 8. The van der Waals surface area contributed by atoms with E-state index in [1.807, 2.05) is 24.3 Å². The Balaban J connectivity index is 0.00000364. The van der Waals surface area contributed by atoms with E-state index in [1.165, 1.54) is 0 Å². The molecule has 1 amide bonds. The van der Waals surface area contributed by atoms with E-state index in [1.54, 1.807) is 38.5 Å². The van der Waals surface area contributed by atoms with Crippen LogP contribution >= 0.6 is 24.0 Å². The molecule has 2 aromatic carbocycles. The number of aliphatic imine (C=N–C) groups is 1. The van der Waals surface area contributed by atoms with Gasteiger partial charge in [-0.15, -0.1) is 24.0 Å². The monoisotopic (exact) mass is 484 g/mol. The Labute approximate surface area is 176 Å². The van der Waals surface area contributed by atoms with E-state index in [9.17, 15) is 4.79 Å². The predicted octanol–water partition coefficient (Wildman–Crippen LogP) is 2.87. The van der Waals surface area contributed by atoms with Crippen LogP contribution in [0.3, 0.4) is 0 Å². The summed E-state index contributed by atoms with van der Waals surface area (Å²) in [6.45, 7) is 1.03. The van der Waals surface area contributed by atoms with E-state index in [0.29, 0.717) is 42.5 Å². The van der Waals surface area contributed by atoms with Crippen LogP contribution in [0.25, 0.3) is 0 Å². The standard InChI is InChI=1S/C19H24N4O3.HI/c1-25-16-10-9-15(13-17(16)26-2)23-19(20)22-12-6-11-21-18(24)14-7-4-3-5-8-14;/h3-5,7-10,13H,6,11-12H2,1-2H3,(H,21,24)(H3,20,22,23);1H. The molecule has 0 unspecified atom stereocenters. The molecule has 146 valence electrons. The van der Waals surface area contributed by atoms with Gasteiger partial charge in [0, 0.05) is 30.4 Å².